The fraction of sp³-hybridized carbons (Fsp3) is 0.178. The number of H-pyrrole nitrogens is 4. The van der Waals surface area contributed by atoms with E-state index in [2.05, 4.69) is 130 Å². The lowest BCUT2D eigenvalue weighted by molar-refractivity contribution is -0.137. The average molecular weight is 1590 g/mol. The summed E-state index contributed by atoms with van der Waals surface area (Å²) < 4.78 is 37.9. The van der Waals surface area contributed by atoms with Gasteiger partial charge in [-0.2, -0.15) is 33.6 Å². The van der Waals surface area contributed by atoms with E-state index in [1.54, 1.807) is 49.3 Å². The van der Waals surface area contributed by atoms with Crippen LogP contribution in [-0.4, -0.2) is 168 Å². The number of halogens is 3. The Morgan fingerprint density at radius 3 is 1.25 bits per heavy atom. The van der Waals surface area contributed by atoms with Crippen molar-refractivity contribution in [1.82, 2.24) is 90.3 Å². The number of nitrogens with one attached hydrogen (secondary N) is 8. The third-order valence-corrected chi connectivity index (χ3v) is 20.0. The molecule has 0 aliphatic carbocycles. The third-order valence-electron chi connectivity index (χ3n) is 20.0. The lowest BCUT2D eigenvalue weighted by Gasteiger charge is -2.30. The van der Waals surface area contributed by atoms with Gasteiger partial charge in [-0.25, -0.2) is 9.97 Å². The number of aromatic amines is 4. The van der Waals surface area contributed by atoms with Gasteiger partial charge in [0.25, 0.3) is 23.6 Å². The number of aromatic nitrogens is 14. The fourth-order valence-corrected chi connectivity index (χ4v) is 13.9. The Morgan fingerprint density at radius 1 is 0.370 bits per heavy atom. The van der Waals surface area contributed by atoms with E-state index in [1.807, 2.05) is 180 Å². The summed E-state index contributed by atoms with van der Waals surface area (Å²) in [5.41, 5.74) is 18.1. The maximum Gasteiger partial charge on any atom is 0.416 e. The highest BCUT2D eigenvalue weighted by Crippen LogP contribution is 2.34. The van der Waals surface area contributed by atoms with Crippen molar-refractivity contribution in [3.8, 4) is 44.5 Å². The summed E-state index contributed by atoms with van der Waals surface area (Å²) in [5.74, 6) is -1.27. The molecule has 29 heteroatoms. The molecular weight excluding hydrogens is 1510 g/mol. The minimum atomic E-state index is -4.43. The minimum Gasteiger partial charge on any atom is -0.321 e. The minimum absolute atomic E-state index is 0.133. The van der Waals surface area contributed by atoms with Crippen LogP contribution in [0.2, 0.25) is 0 Å². The largest absolute Gasteiger partial charge is 0.416 e. The highest BCUT2D eigenvalue weighted by atomic mass is 19.4. The highest BCUT2D eigenvalue weighted by molar-refractivity contribution is 6.14. The molecule has 2 saturated heterocycles. The monoisotopic (exact) mass is 1590 g/mol. The molecular formula is C90H83F3N22O4. The van der Waals surface area contributed by atoms with Gasteiger partial charge in [0.15, 0.2) is 22.8 Å². The number of alkyl halides is 3. The van der Waals surface area contributed by atoms with Gasteiger partial charge in [-0.1, -0.05) is 60.7 Å². The molecule has 2 aliphatic rings. The summed E-state index contributed by atoms with van der Waals surface area (Å²) >= 11 is 0. The summed E-state index contributed by atoms with van der Waals surface area (Å²) in [6, 6.07) is 57.0. The maximum atomic E-state index is 13.0. The number of pyridine rings is 4. The molecule has 4 amide bonds. The molecule has 7 aromatic carbocycles. The zero-order chi connectivity index (χ0) is 82.4. The van der Waals surface area contributed by atoms with E-state index in [0.717, 1.165) is 157 Å². The molecule has 0 atom stereocenters. The lowest BCUT2D eigenvalue weighted by atomic mass is 10.0. The molecule has 26 nitrogen and oxygen atoms in total. The lowest BCUT2D eigenvalue weighted by Crippen LogP contribution is -2.36. The van der Waals surface area contributed by atoms with Gasteiger partial charge in [-0.15, -0.1) is 0 Å². The zero-order valence-corrected chi connectivity index (χ0v) is 65.5. The van der Waals surface area contributed by atoms with Gasteiger partial charge >= 0.3 is 6.18 Å². The number of amides is 4. The molecule has 2 fully saturated rings. The second kappa shape index (κ2) is 36.6. The SMILES string of the molecule is CN(C)Cc1cccc(NC(=O)c2n[nH]c3ccc(-c4cccnc4)cc23)c1.CN(C)Cc1cncc(-c2ccc3[nH]nc(C(=O)Nc4ccc(CN5CCC5)nc4)c3c2)c1.O=C(Nc1ccc(C(F)(F)F)cc1)c1n[nH]c2ccc(-c3cncnc3)cc12.O=C(Nc1ccc(CN2CCCC2)cc1)c1n[nH]c2ccc(-c3cccnc3)cc12. The Labute approximate surface area is 681 Å². The molecule has 16 aromatic rings. The third kappa shape index (κ3) is 20.1. The van der Waals surface area contributed by atoms with Crippen molar-refractivity contribution in [3.63, 3.8) is 0 Å². The van der Waals surface area contributed by atoms with Crippen LogP contribution >= 0.6 is 0 Å². The van der Waals surface area contributed by atoms with Crippen molar-refractivity contribution < 1.29 is 32.3 Å². The number of hydrogen-bond acceptors (Lipinski definition) is 18. The highest BCUT2D eigenvalue weighted by Gasteiger charge is 2.30. The summed E-state index contributed by atoms with van der Waals surface area (Å²) in [6.45, 7) is 8.05. The smallest absolute Gasteiger partial charge is 0.321 e. The molecule has 2 aliphatic heterocycles. The fourth-order valence-electron chi connectivity index (χ4n) is 13.9. The van der Waals surface area contributed by atoms with Gasteiger partial charge in [0.05, 0.1) is 45.2 Å². The van der Waals surface area contributed by atoms with Crippen LogP contribution in [0.3, 0.4) is 0 Å². The molecule has 0 spiro atoms. The van der Waals surface area contributed by atoms with Crippen LogP contribution in [0.1, 0.15) is 89.2 Å². The molecule has 0 unspecified atom stereocenters. The van der Waals surface area contributed by atoms with Crippen molar-refractivity contribution >= 4 is 90.0 Å². The molecule has 8 N–H and O–H groups in total. The van der Waals surface area contributed by atoms with Gasteiger partial charge in [0.2, 0.25) is 0 Å². The van der Waals surface area contributed by atoms with Crippen LogP contribution in [0.25, 0.3) is 88.1 Å². The maximum absolute atomic E-state index is 13.0. The van der Waals surface area contributed by atoms with Gasteiger partial charge in [-0.3, -0.25) is 69.3 Å². The van der Waals surface area contributed by atoms with E-state index >= 15 is 0 Å². The number of hydrogen-bond donors (Lipinski definition) is 8. The van der Waals surface area contributed by atoms with Crippen LogP contribution in [0.4, 0.5) is 35.9 Å². The summed E-state index contributed by atoms with van der Waals surface area (Å²) in [4.78, 5) is 85.5. The van der Waals surface area contributed by atoms with Crippen LogP contribution in [-0.2, 0) is 32.4 Å². The van der Waals surface area contributed by atoms with Crippen molar-refractivity contribution in [2.45, 2.75) is 51.6 Å². The Balaban J connectivity index is 0.000000124. The van der Waals surface area contributed by atoms with Crippen LogP contribution in [0.15, 0.2) is 250 Å². The number of fused-ring (bicyclic) bond motifs is 4. The van der Waals surface area contributed by atoms with E-state index in [1.165, 1.54) is 56.4 Å². The van der Waals surface area contributed by atoms with Gasteiger partial charge in [-0.05, 0) is 240 Å². The number of nitrogens with zero attached hydrogens (tertiary/aromatic N) is 14. The predicted molar refractivity (Wildman–Crippen MR) is 455 cm³/mol. The number of carbonyl (C=O) groups excluding carboxylic acids is 4. The van der Waals surface area contributed by atoms with Crippen molar-refractivity contribution in [3.05, 3.63) is 301 Å². The van der Waals surface area contributed by atoms with Gasteiger partial charge < -0.3 is 31.1 Å². The summed E-state index contributed by atoms with van der Waals surface area (Å²) in [5, 5.41) is 42.7. The Morgan fingerprint density at radius 2 is 0.798 bits per heavy atom. The summed E-state index contributed by atoms with van der Waals surface area (Å²) in [7, 11) is 8.09. The predicted octanol–water partition coefficient (Wildman–Crippen LogP) is 16.2. The quantitative estimate of drug-likeness (QED) is 0.0351. The van der Waals surface area contributed by atoms with Crippen molar-refractivity contribution in [1.29, 1.82) is 0 Å². The van der Waals surface area contributed by atoms with E-state index in [4.69, 9.17) is 0 Å². The molecule has 9 aromatic heterocycles. The normalized spacial score (nSPS) is 12.8. The molecule has 0 radical (unpaired) electrons. The molecule has 0 bridgehead atoms. The first-order valence-electron chi connectivity index (χ1n) is 38.6. The molecule has 119 heavy (non-hydrogen) atoms. The Kier molecular flexibility index (Phi) is 24.6. The first kappa shape index (κ1) is 79.8. The van der Waals surface area contributed by atoms with Crippen molar-refractivity contribution in [2.24, 2.45) is 0 Å². The number of rotatable bonds is 20. The second-order valence-corrected chi connectivity index (χ2v) is 29.4. The number of benzene rings is 7. The number of anilines is 4. The molecule has 18 rings (SSSR count). The molecule has 11 heterocycles. The standard InChI is InChI=1S/C25H27N7O.C24H23N5O.C22H21N5O.C19H12F3N5O/c1-31(2)15-17-10-19(13-26-12-17)18-4-7-23-22(11-18)24(30-29-23)25(33)28-20-5-6-21(27-14-20)16-32-8-3-9-32;30-24(26-20-8-5-17(6-9-20)16-29-12-1-2-13-29)23-21-14-18(7-10-22(21)27-28-23)19-4-3-11-25-15-19;1-27(2)14-15-5-3-7-18(11-15)24-22(28)21-19-12-16(8-9-20(19)25-26-21)17-6-4-10-23-13-17;20-19(21,22)13-2-4-14(5-3-13)25-18(28)17-15-7-11(1-6-16(15)26-27-17)12-8-23-10-24-9-12/h4-7,10-14H,3,8-9,15-16H2,1-2H3,(H,28,33)(H,29,30);3-11,14-15H,1-2,12-13,16H2,(H,26,30)(H,27,28);3-13H,14H2,1-2H3,(H,24,28)(H,25,26);1-10H,(H,25,28)(H,26,27). The van der Waals surface area contributed by atoms with Crippen LogP contribution in [0, 0.1) is 0 Å². The van der Waals surface area contributed by atoms with E-state index < -0.39 is 17.6 Å². The van der Waals surface area contributed by atoms with E-state index in [0.29, 0.717) is 33.7 Å². The van der Waals surface area contributed by atoms with Crippen LogP contribution in [0.5, 0.6) is 0 Å². The second-order valence-electron chi connectivity index (χ2n) is 29.4. The van der Waals surface area contributed by atoms with Crippen molar-refractivity contribution in [2.75, 3.05) is 75.6 Å². The first-order chi connectivity index (χ1) is 57.8. The van der Waals surface area contributed by atoms with Crippen LogP contribution < -0.4 is 21.3 Å². The van der Waals surface area contributed by atoms with E-state index in [-0.39, 0.29) is 29.1 Å². The molecule has 598 valence electrons. The topological polar surface area (TPSA) is 321 Å². The average Bonchev–Trinajstić information content (AvgIpc) is 1.70. The van der Waals surface area contributed by atoms with Gasteiger partial charge in [0.1, 0.15) is 6.33 Å². The number of likely N-dealkylation sites (tertiary alicyclic amines) is 2. The first-order valence-corrected chi connectivity index (χ1v) is 38.6. The number of carbonyl (C=O) groups is 4. The summed E-state index contributed by atoms with van der Waals surface area (Å²) in [6.07, 6.45) is 16.6. The molecule has 0 saturated carbocycles. The van der Waals surface area contributed by atoms with E-state index in [9.17, 15) is 32.3 Å². The Hall–Kier alpha value is -14.4. The Bertz CT molecular complexity index is 6210. The van der Waals surface area contributed by atoms with Gasteiger partial charge in [0, 0.05) is 137 Å². The zero-order valence-electron chi connectivity index (χ0n) is 65.5.